The molecule has 112 valence electrons. The number of carbonyl (C=O) groups excluding carboxylic acids is 1. The maximum Gasteiger partial charge on any atom is 0.326 e. The van der Waals surface area contributed by atoms with Gasteiger partial charge in [0.1, 0.15) is 5.54 Å². The van der Waals surface area contributed by atoms with Crippen LogP contribution in [0.1, 0.15) is 40.0 Å². The molecule has 1 aliphatic rings. The van der Waals surface area contributed by atoms with Gasteiger partial charge in [-0.1, -0.05) is 20.3 Å². The van der Waals surface area contributed by atoms with Crippen LogP contribution in [0.5, 0.6) is 0 Å². The van der Waals surface area contributed by atoms with Crippen molar-refractivity contribution in [3.05, 3.63) is 0 Å². The second-order valence-electron chi connectivity index (χ2n) is 6.21. The van der Waals surface area contributed by atoms with Crippen LogP contribution in [0.3, 0.4) is 0 Å². The van der Waals surface area contributed by atoms with E-state index in [4.69, 9.17) is 4.74 Å². The highest BCUT2D eigenvalue weighted by atomic mass is 16.5. The summed E-state index contributed by atoms with van der Waals surface area (Å²) in [6.45, 7) is 8.49. The first kappa shape index (κ1) is 16.4. The van der Waals surface area contributed by atoms with Gasteiger partial charge in [0, 0.05) is 13.1 Å². The third kappa shape index (κ3) is 4.18. The first-order chi connectivity index (χ1) is 8.92. The van der Waals surface area contributed by atoms with E-state index in [1.165, 1.54) is 6.42 Å². The molecular formula is C15H30N2O2. The minimum absolute atomic E-state index is 0.0622. The van der Waals surface area contributed by atoms with Crippen molar-refractivity contribution in [1.82, 2.24) is 10.2 Å². The quantitative estimate of drug-likeness (QED) is 0.749. The summed E-state index contributed by atoms with van der Waals surface area (Å²) in [6.07, 6.45) is 3.19. The summed E-state index contributed by atoms with van der Waals surface area (Å²) in [6, 6.07) is 0. The van der Waals surface area contributed by atoms with Crippen LogP contribution in [0.4, 0.5) is 0 Å². The second-order valence-corrected chi connectivity index (χ2v) is 6.21. The van der Waals surface area contributed by atoms with Crippen molar-refractivity contribution in [1.29, 1.82) is 0 Å². The number of nitrogens with one attached hydrogen (secondary N) is 1. The number of ether oxygens (including phenoxy) is 1. The summed E-state index contributed by atoms with van der Waals surface area (Å²) < 4.78 is 5.35. The Morgan fingerprint density at radius 1 is 1.37 bits per heavy atom. The Balaban J connectivity index is 2.79. The maximum absolute atomic E-state index is 12.5. The minimum atomic E-state index is -0.482. The Morgan fingerprint density at radius 3 is 2.63 bits per heavy atom. The van der Waals surface area contributed by atoms with Gasteiger partial charge in [0.05, 0.1) is 6.61 Å². The van der Waals surface area contributed by atoms with Crippen molar-refractivity contribution in [3.63, 3.8) is 0 Å². The van der Waals surface area contributed by atoms with E-state index in [2.05, 4.69) is 24.1 Å². The molecule has 0 aromatic carbocycles. The number of likely N-dealkylation sites (N-methyl/N-ethyl adjacent to an activating group) is 1. The maximum atomic E-state index is 12.5. The van der Waals surface area contributed by atoms with Crippen LogP contribution < -0.4 is 5.32 Å². The number of hydrogen-bond acceptors (Lipinski definition) is 4. The number of rotatable bonds is 6. The highest BCUT2D eigenvalue weighted by molar-refractivity contribution is 5.81. The van der Waals surface area contributed by atoms with Gasteiger partial charge in [-0.25, -0.2) is 0 Å². The van der Waals surface area contributed by atoms with Gasteiger partial charge in [-0.3, -0.25) is 4.79 Å². The SMILES string of the molecule is CCOC(=O)C1(NCCN(C)C)CC(C)CCC1C. The fourth-order valence-corrected chi connectivity index (χ4v) is 3.00. The Kier molecular flexibility index (Phi) is 6.27. The molecule has 19 heavy (non-hydrogen) atoms. The predicted molar refractivity (Wildman–Crippen MR) is 78.1 cm³/mol. The number of nitrogens with zero attached hydrogens (tertiary/aromatic N) is 1. The van der Waals surface area contributed by atoms with Gasteiger partial charge in [-0.05, 0) is 45.7 Å². The lowest BCUT2D eigenvalue weighted by molar-refractivity contribution is -0.156. The van der Waals surface area contributed by atoms with E-state index >= 15 is 0 Å². The molecule has 0 radical (unpaired) electrons. The molecular weight excluding hydrogens is 240 g/mol. The molecule has 0 bridgehead atoms. The summed E-state index contributed by atoms with van der Waals surface area (Å²) in [5.41, 5.74) is -0.482. The van der Waals surface area contributed by atoms with Gasteiger partial charge < -0.3 is 15.0 Å². The third-order valence-corrected chi connectivity index (χ3v) is 4.24. The normalized spacial score (nSPS) is 31.5. The van der Waals surface area contributed by atoms with Crippen LogP contribution in [0.25, 0.3) is 0 Å². The average molecular weight is 270 g/mol. The van der Waals surface area contributed by atoms with Crippen molar-refractivity contribution in [2.75, 3.05) is 33.8 Å². The van der Waals surface area contributed by atoms with E-state index in [0.717, 1.165) is 25.9 Å². The first-order valence-corrected chi connectivity index (χ1v) is 7.49. The monoisotopic (exact) mass is 270 g/mol. The summed E-state index contributed by atoms with van der Waals surface area (Å²) in [4.78, 5) is 14.6. The van der Waals surface area contributed by atoms with E-state index in [9.17, 15) is 4.79 Å². The van der Waals surface area contributed by atoms with Gasteiger partial charge in [-0.15, -0.1) is 0 Å². The van der Waals surface area contributed by atoms with Crippen molar-refractivity contribution < 1.29 is 9.53 Å². The molecule has 1 N–H and O–H groups in total. The Hall–Kier alpha value is -0.610. The highest BCUT2D eigenvalue weighted by Gasteiger charge is 2.47. The zero-order chi connectivity index (χ0) is 14.5. The van der Waals surface area contributed by atoms with E-state index in [1.807, 2.05) is 21.0 Å². The molecule has 1 fully saturated rings. The molecule has 0 aliphatic heterocycles. The summed E-state index contributed by atoms with van der Waals surface area (Å²) in [5, 5.41) is 3.52. The number of hydrogen-bond donors (Lipinski definition) is 1. The smallest absolute Gasteiger partial charge is 0.326 e. The molecule has 1 aliphatic carbocycles. The highest BCUT2D eigenvalue weighted by Crippen LogP contribution is 2.37. The molecule has 4 nitrogen and oxygen atoms in total. The molecule has 0 aromatic rings. The zero-order valence-electron chi connectivity index (χ0n) is 13.2. The molecule has 0 heterocycles. The molecule has 0 aromatic heterocycles. The van der Waals surface area contributed by atoms with Crippen LogP contribution in [0.15, 0.2) is 0 Å². The third-order valence-electron chi connectivity index (χ3n) is 4.24. The minimum Gasteiger partial charge on any atom is -0.465 e. The molecule has 4 heteroatoms. The van der Waals surface area contributed by atoms with Crippen LogP contribution in [0, 0.1) is 11.8 Å². The van der Waals surface area contributed by atoms with Crippen molar-refractivity contribution in [3.8, 4) is 0 Å². The van der Waals surface area contributed by atoms with E-state index in [1.54, 1.807) is 0 Å². The van der Waals surface area contributed by atoms with Crippen molar-refractivity contribution in [2.24, 2.45) is 11.8 Å². The predicted octanol–water partition coefficient (Wildman–Crippen LogP) is 1.90. The van der Waals surface area contributed by atoms with Gasteiger partial charge in [0.15, 0.2) is 0 Å². The Labute approximate surface area is 117 Å². The standard InChI is InChI=1S/C15H30N2O2/c1-6-19-14(18)15(16-9-10-17(4)5)11-12(2)7-8-13(15)3/h12-13,16H,6-11H2,1-5H3. The van der Waals surface area contributed by atoms with E-state index in [-0.39, 0.29) is 5.97 Å². The van der Waals surface area contributed by atoms with Crippen molar-refractivity contribution >= 4 is 5.97 Å². The zero-order valence-corrected chi connectivity index (χ0v) is 13.2. The topological polar surface area (TPSA) is 41.6 Å². The summed E-state index contributed by atoms with van der Waals surface area (Å²) >= 11 is 0. The number of esters is 1. The van der Waals surface area contributed by atoms with Crippen LogP contribution in [-0.2, 0) is 9.53 Å². The van der Waals surface area contributed by atoms with Crippen LogP contribution in [0.2, 0.25) is 0 Å². The summed E-state index contributed by atoms with van der Waals surface area (Å²) in [7, 11) is 4.09. The largest absolute Gasteiger partial charge is 0.465 e. The van der Waals surface area contributed by atoms with Gasteiger partial charge in [-0.2, -0.15) is 0 Å². The molecule has 0 saturated heterocycles. The Morgan fingerprint density at radius 2 is 2.05 bits per heavy atom. The van der Waals surface area contributed by atoms with E-state index in [0.29, 0.717) is 18.4 Å². The fraction of sp³-hybridized carbons (Fsp3) is 0.933. The first-order valence-electron chi connectivity index (χ1n) is 7.49. The fourth-order valence-electron chi connectivity index (χ4n) is 3.00. The lowest BCUT2D eigenvalue weighted by atomic mass is 9.69. The van der Waals surface area contributed by atoms with Gasteiger partial charge in [0.2, 0.25) is 0 Å². The second kappa shape index (κ2) is 7.25. The van der Waals surface area contributed by atoms with Crippen LogP contribution in [-0.4, -0.2) is 50.2 Å². The lowest BCUT2D eigenvalue weighted by Gasteiger charge is -2.43. The summed E-state index contributed by atoms with van der Waals surface area (Å²) in [5.74, 6) is 0.852. The number of carbonyl (C=O) groups is 1. The van der Waals surface area contributed by atoms with Crippen LogP contribution >= 0.6 is 0 Å². The van der Waals surface area contributed by atoms with Gasteiger partial charge in [0.25, 0.3) is 0 Å². The average Bonchev–Trinajstić information content (AvgIpc) is 2.33. The molecule has 3 unspecified atom stereocenters. The molecule has 1 rings (SSSR count). The Bertz CT molecular complexity index is 294. The van der Waals surface area contributed by atoms with E-state index < -0.39 is 5.54 Å². The lowest BCUT2D eigenvalue weighted by Crippen LogP contribution is -2.61. The van der Waals surface area contributed by atoms with Gasteiger partial charge >= 0.3 is 5.97 Å². The molecule has 0 spiro atoms. The molecule has 1 saturated carbocycles. The molecule has 0 amide bonds. The van der Waals surface area contributed by atoms with Crippen molar-refractivity contribution in [2.45, 2.75) is 45.6 Å². The molecule has 3 atom stereocenters.